The van der Waals surface area contributed by atoms with Gasteiger partial charge in [-0.05, 0) is 72.2 Å². The van der Waals surface area contributed by atoms with Crippen LogP contribution in [-0.4, -0.2) is 49.1 Å². The number of carbonyl (C=O) groups is 2. The van der Waals surface area contributed by atoms with Gasteiger partial charge in [-0.3, -0.25) is 9.59 Å². The van der Waals surface area contributed by atoms with Crippen LogP contribution in [0.1, 0.15) is 47.6 Å². The summed E-state index contributed by atoms with van der Waals surface area (Å²) in [5.74, 6) is -0.443. The number of sulfonamides is 1. The van der Waals surface area contributed by atoms with Crippen molar-refractivity contribution < 1.29 is 18.0 Å². The number of hydrogen-bond donors (Lipinski definition) is 1. The van der Waals surface area contributed by atoms with Gasteiger partial charge in [0.1, 0.15) is 6.04 Å². The van der Waals surface area contributed by atoms with E-state index in [4.69, 9.17) is 11.6 Å². The third-order valence-corrected chi connectivity index (χ3v) is 10.2. The maximum Gasteiger partial charge on any atom is 0.247 e. The van der Waals surface area contributed by atoms with E-state index in [1.54, 1.807) is 41.3 Å². The Morgan fingerprint density at radius 3 is 1.98 bits per heavy atom. The van der Waals surface area contributed by atoms with Crippen molar-refractivity contribution in [2.45, 2.75) is 49.6 Å². The first-order valence-corrected chi connectivity index (χ1v) is 17.1. The lowest BCUT2D eigenvalue weighted by atomic mass is 10.0. The molecule has 0 aliphatic carbocycles. The Balaban J connectivity index is 1.35. The van der Waals surface area contributed by atoms with Crippen LogP contribution in [0.25, 0.3) is 0 Å². The lowest BCUT2D eigenvalue weighted by Gasteiger charge is -2.32. The first-order valence-electron chi connectivity index (χ1n) is 15.3. The van der Waals surface area contributed by atoms with Gasteiger partial charge < -0.3 is 10.2 Å². The highest BCUT2D eigenvalue weighted by Crippen LogP contribution is 2.26. The van der Waals surface area contributed by atoms with Crippen molar-refractivity contribution in [2.24, 2.45) is 0 Å². The molecule has 234 valence electrons. The van der Waals surface area contributed by atoms with Gasteiger partial charge in [-0.15, -0.1) is 0 Å². The fraction of sp³-hybridized carbons (Fsp3) is 0.278. The Kier molecular flexibility index (Phi) is 11.1. The maximum absolute atomic E-state index is 14.0. The molecule has 7 nitrogen and oxygen atoms in total. The average Bonchev–Trinajstić information content (AvgIpc) is 3.62. The number of rotatable bonds is 13. The quantitative estimate of drug-likeness (QED) is 0.188. The van der Waals surface area contributed by atoms with Crippen LogP contribution in [0.4, 0.5) is 0 Å². The number of benzene rings is 4. The van der Waals surface area contributed by atoms with Crippen molar-refractivity contribution >= 4 is 33.4 Å². The van der Waals surface area contributed by atoms with Crippen LogP contribution >= 0.6 is 11.6 Å². The molecule has 9 heteroatoms. The van der Waals surface area contributed by atoms with Crippen molar-refractivity contribution in [3.63, 3.8) is 0 Å². The molecule has 1 aliphatic heterocycles. The van der Waals surface area contributed by atoms with Gasteiger partial charge in [-0.25, -0.2) is 8.42 Å². The molecule has 0 bridgehead atoms. The molecule has 0 radical (unpaired) electrons. The minimum absolute atomic E-state index is 0.145. The van der Waals surface area contributed by atoms with Crippen LogP contribution in [-0.2, 0) is 39.0 Å². The molecule has 4 aromatic rings. The van der Waals surface area contributed by atoms with Crippen LogP contribution in [0.2, 0.25) is 5.02 Å². The van der Waals surface area contributed by atoms with E-state index in [1.807, 2.05) is 72.8 Å². The largest absolute Gasteiger partial charge is 0.354 e. The van der Waals surface area contributed by atoms with E-state index in [0.717, 1.165) is 29.5 Å². The monoisotopic (exact) mass is 643 g/mol. The molecule has 1 aliphatic rings. The maximum atomic E-state index is 14.0. The van der Waals surface area contributed by atoms with E-state index < -0.39 is 16.1 Å². The Morgan fingerprint density at radius 1 is 0.756 bits per heavy atom. The minimum Gasteiger partial charge on any atom is -0.354 e. The second-order valence-corrected chi connectivity index (χ2v) is 13.6. The molecule has 1 saturated heterocycles. The Morgan fingerprint density at radius 2 is 1.33 bits per heavy atom. The first-order chi connectivity index (χ1) is 21.8. The van der Waals surface area contributed by atoms with Crippen LogP contribution < -0.4 is 5.32 Å². The smallest absolute Gasteiger partial charge is 0.247 e. The van der Waals surface area contributed by atoms with Gasteiger partial charge in [0, 0.05) is 37.6 Å². The van der Waals surface area contributed by atoms with Gasteiger partial charge in [0.2, 0.25) is 21.8 Å². The predicted molar refractivity (Wildman–Crippen MR) is 177 cm³/mol. The number of carbonyl (C=O) groups excluding carboxylic acids is 2. The summed E-state index contributed by atoms with van der Waals surface area (Å²) in [5, 5.41) is 3.65. The molecule has 4 aromatic carbocycles. The summed E-state index contributed by atoms with van der Waals surface area (Å²) in [6.07, 6.45) is 2.97. The number of hydrogen-bond acceptors (Lipinski definition) is 4. The van der Waals surface area contributed by atoms with E-state index in [9.17, 15) is 18.0 Å². The lowest BCUT2D eigenvalue weighted by molar-refractivity contribution is -0.141. The van der Waals surface area contributed by atoms with Crippen LogP contribution in [0.3, 0.4) is 0 Å². The molecule has 5 rings (SSSR count). The van der Waals surface area contributed by atoms with Crippen molar-refractivity contribution in [2.75, 3.05) is 19.6 Å². The molecular formula is C36H38ClN3O4S. The molecule has 0 aromatic heterocycles. The summed E-state index contributed by atoms with van der Waals surface area (Å²) >= 11 is 6.14. The van der Waals surface area contributed by atoms with Crippen LogP contribution in [0.15, 0.2) is 114 Å². The van der Waals surface area contributed by atoms with Gasteiger partial charge >= 0.3 is 0 Å². The van der Waals surface area contributed by atoms with E-state index >= 15 is 0 Å². The molecule has 1 atom stereocenters. The summed E-state index contributed by atoms with van der Waals surface area (Å²) < 4.78 is 27.4. The van der Waals surface area contributed by atoms with E-state index in [1.165, 1.54) is 4.31 Å². The second-order valence-electron chi connectivity index (χ2n) is 11.2. The van der Waals surface area contributed by atoms with Gasteiger partial charge in [0.05, 0.1) is 4.90 Å². The van der Waals surface area contributed by atoms with Gasteiger partial charge in [-0.2, -0.15) is 4.31 Å². The van der Waals surface area contributed by atoms with E-state index in [2.05, 4.69) is 5.32 Å². The lowest BCUT2D eigenvalue weighted by Crippen LogP contribution is -2.44. The van der Waals surface area contributed by atoms with Crippen LogP contribution in [0, 0.1) is 0 Å². The van der Waals surface area contributed by atoms with Crippen molar-refractivity contribution in [3.05, 3.63) is 136 Å². The number of amides is 2. The standard InChI is InChI=1S/C36H38ClN3O4S/c37-32-18-13-30(14-19-32)27-40(34(41)22-17-29-15-20-33(21-16-29)45(43,44)39-25-7-8-26-39)35(31-11-5-2-6-12-31)36(42)38-24-23-28-9-3-1-4-10-28/h1-6,9-16,18-21,35H,7-8,17,22-27H2,(H,38,42). The van der Waals surface area contributed by atoms with Crippen LogP contribution in [0.5, 0.6) is 0 Å². The summed E-state index contributed by atoms with van der Waals surface area (Å²) in [4.78, 5) is 29.8. The molecule has 1 unspecified atom stereocenters. The number of nitrogens with zero attached hydrogens (tertiary/aromatic N) is 2. The highest BCUT2D eigenvalue weighted by atomic mass is 35.5. The average molecular weight is 644 g/mol. The Labute approximate surface area is 270 Å². The normalized spacial score (nSPS) is 14.2. The summed E-state index contributed by atoms with van der Waals surface area (Å²) in [6.45, 7) is 1.74. The fourth-order valence-electron chi connectivity index (χ4n) is 5.59. The highest BCUT2D eigenvalue weighted by molar-refractivity contribution is 7.89. The molecule has 1 fully saturated rings. The third kappa shape index (κ3) is 8.60. The van der Waals surface area contributed by atoms with E-state index in [0.29, 0.717) is 43.1 Å². The predicted octanol–water partition coefficient (Wildman–Crippen LogP) is 6.19. The SMILES string of the molecule is O=C(NCCc1ccccc1)C(c1ccccc1)N(Cc1ccc(Cl)cc1)C(=O)CCc1ccc(S(=O)(=O)N2CCCC2)cc1. The summed E-state index contributed by atoms with van der Waals surface area (Å²) in [7, 11) is -3.51. The molecule has 2 amide bonds. The minimum atomic E-state index is -3.51. The molecule has 1 heterocycles. The van der Waals surface area contributed by atoms with Gasteiger partial charge in [0.25, 0.3) is 0 Å². The van der Waals surface area contributed by atoms with E-state index in [-0.39, 0.29) is 29.7 Å². The van der Waals surface area contributed by atoms with Crippen molar-refractivity contribution in [1.29, 1.82) is 0 Å². The number of nitrogens with one attached hydrogen (secondary N) is 1. The summed E-state index contributed by atoms with van der Waals surface area (Å²) in [5.41, 5.74) is 3.52. The number of aryl methyl sites for hydroxylation is 1. The molecular weight excluding hydrogens is 606 g/mol. The van der Waals surface area contributed by atoms with Gasteiger partial charge in [0.15, 0.2) is 0 Å². The second kappa shape index (κ2) is 15.3. The highest BCUT2D eigenvalue weighted by Gasteiger charge is 2.31. The van der Waals surface area contributed by atoms with Crippen molar-refractivity contribution in [1.82, 2.24) is 14.5 Å². The summed E-state index contributed by atoms with van der Waals surface area (Å²) in [6, 6.07) is 32.5. The van der Waals surface area contributed by atoms with Gasteiger partial charge in [-0.1, -0.05) is 96.5 Å². The molecule has 0 saturated carbocycles. The Hall–Kier alpha value is -3.98. The third-order valence-electron chi connectivity index (χ3n) is 8.07. The fourth-order valence-corrected chi connectivity index (χ4v) is 7.23. The molecule has 1 N–H and O–H groups in total. The Bertz CT molecular complexity index is 1660. The first kappa shape index (κ1) is 32.4. The zero-order valence-electron chi connectivity index (χ0n) is 25.1. The topological polar surface area (TPSA) is 86.8 Å². The zero-order chi connectivity index (χ0) is 31.6. The van der Waals surface area contributed by atoms with Crippen molar-refractivity contribution in [3.8, 4) is 0 Å². The molecule has 0 spiro atoms. The molecule has 45 heavy (non-hydrogen) atoms. The number of halogens is 1. The zero-order valence-corrected chi connectivity index (χ0v) is 26.7.